The highest BCUT2D eigenvalue weighted by Gasteiger charge is 2.47. The molecule has 0 N–H and O–H groups in total. The Labute approximate surface area is 64.7 Å². The molecule has 0 fully saturated rings. The third kappa shape index (κ3) is 2.86. The van der Waals surface area contributed by atoms with Crippen LogP contribution in [0.15, 0.2) is 0 Å². The summed E-state index contributed by atoms with van der Waals surface area (Å²) in [5, 5.41) is 0. The molecule has 0 amide bonds. The van der Waals surface area contributed by atoms with E-state index in [4.69, 9.17) is 0 Å². The molecule has 0 aliphatic rings. The first-order chi connectivity index (χ1) is 4.15. The van der Waals surface area contributed by atoms with Crippen molar-refractivity contribution in [2.24, 2.45) is 0 Å². The summed E-state index contributed by atoms with van der Waals surface area (Å²) in [7, 11) is 0. The highest BCUT2D eigenvalue weighted by atomic mass is 79.9. The fraction of sp³-hybridized carbons (Fsp3) is 1.00. The Balaban J connectivity index is 4.23. The molecule has 0 aromatic rings. The van der Waals surface area contributed by atoms with Crippen LogP contribution in [0, 0.1) is 0 Å². The molecule has 1 unspecified atom stereocenters. The van der Waals surface area contributed by atoms with Crippen LogP contribution in [0.4, 0.5) is 17.6 Å². The first-order valence-electron chi connectivity index (χ1n) is 2.55. The van der Waals surface area contributed by atoms with Crippen LogP contribution >= 0.6 is 15.9 Å². The molecule has 0 aromatic carbocycles. The number of rotatable bonds is 1. The zero-order chi connectivity index (χ0) is 8.58. The molecular weight excluding hydrogens is 216 g/mol. The molecule has 10 heavy (non-hydrogen) atoms. The van der Waals surface area contributed by atoms with E-state index in [-0.39, 0.29) is 0 Å². The minimum Gasteiger partial charge on any atom is -0.243 e. The van der Waals surface area contributed by atoms with Crippen molar-refractivity contribution < 1.29 is 17.6 Å². The Hall–Kier alpha value is 0.200. The first-order valence-corrected chi connectivity index (χ1v) is 3.47. The van der Waals surface area contributed by atoms with E-state index in [2.05, 4.69) is 15.9 Å². The van der Waals surface area contributed by atoms with Gasteiger partial charge in [-0.2, -0.15) is 13.2 Å². The van der Waals surface area contributed by atoms with E-state index in [0.29, 0.717) is 0 Å². The van der Waals surface area contributed by atoms with Crippen LogP contribution < -0.4 is 0 Å². The van der Waals surface area contributed by atoms with Crippen molar-refractivity contribution in [2.75, 3.05) is 0 Å². The maximum absolute atomic E-state index is 12.5. The molecule has 0 nitrogen and oxygen atoms in total. The van der Waals surface area contributed by atoms with Crippen molar-refractivity contribution in [2.45, 2.75) is 30.5 Å². The lowest BCUT2D eigenvalue weighted by Crippen LogP contribution is -2.38. The SMILES string of the molecule is CC(C)(F)C(Br)C(F)(F)F. The molecule has 0 radical (unpaired) electrons. The highest BCUT2D eigenvalue weighted by molar-refractivity contribution is 9.09. The van der Waals surface area contributed by atoms with E-state index in [9.17, 15) is 17.6 Å². The fourth-order valence-corrected chi connectivity index (χ4v) is 0.389. The van der Waals surface area contributed by atoms with Gasteiger partial charge in [-0.05, 0) is 13.8 Å². The van der Waals surface area contributed by atoms with E-state index < -0.39 is 16.7 Å². The van der Waals surface area contributed by atoms with Gasteiger partial charge in [0.1, 0.15) is 10.5 Å². The zero-order valence-electron chi connectivity index (χ0n) is 5.47. The van der Waals surface area contributed by atoms with Crippen molar-refractivity contribution >= 4 is 15.9 Å². The Bertz CT molecular complexity index is 97.8. The minimum atomic E-state index is -4.52. The van der Waals surface area contributed by atoms with Gasteiger partial charge in [0.2, 0.25) is 0 Å². The molecular formula is C5H7BrF4. The third-order valence-corrected chi connectivity index (χ3v) is 2.50. The smallest absolute Gasteiger partial charge is 0.243 e. The van der Waals surface area contributed by atoms with Crippen LogP contribution in [0.3, 0.4) is 0 Å². The maximum Gasteiger partial charge on any atom is 0.404 e. The molecule has 0 aliphatic heterocycles. The van der Waals surface area contributed by atoms with E-state index >= 15 is 0 Å². The molecule has 0 saturated heterocycles. The topological polar surface area (TPSA) is 0 Å². The summed E-state index contributed by atoms with van der Waals surface area (Å²) in [4.78, 5) is -2.09. The van der Waals surface area contributed by atoms with Gasteiger partial charge in [-0.3, -0.25) is 0 Å². The molecule has 0 spiro atoms. The number of halogens is 5. The molecule has 0 heterocycles. The summed E-state index contributed by atoms with van der Waals surface area (Å²) in [6, 6.07) is 0. The average Bonchev–Trinajstić information content (AvgIpc) is 1.59. The summed E-state index contributed by atoms with van der Waals surface area (Å²) in [5.41, 5.74) is -2.27. The number of hydrogen-bond donors (Lipinski definition) is 0. The standard InChI is InChI=1S/C5H7BrF4/c1-4(2,7)3(6)5(8,9)10/h3H,1-2H3. The van der Waals surface area contributed by atoms with Gasteiger partial charge in [-0.15, -0.1) is 0 Å². The summed E-state index contributed by atoms with van der Waals surface area (Å²) in [5.74, 6) is 0. The van der Waals surface area contributed by atoms with Crippen molar-refractivity contribution in [3.63, 3.8) is 0 Å². The molecule has 1 atom stereocenters. The molecule has 0 aliphatic carbocycles. The van der Waals surface area contributed by atoms with Gasteiger partial charge in [0, 0.05) is 0 Å². The Morgan fingerprint density at radius 3 is 1.40 bits per heavy atom. The molecule has 0 rings (SSSR count). The van der Waals surface area contributed by atoms with Crippen molar-refractivity contribution in [3.05, 3.63) is 0 Å². The maximum atomic E-state index is 12.5. The Morgan fingerprint density at radius 2 is 1.40 bits per heavy atom. The fourth-order valence-electron chi connectivity index (χ4n) is 0.389. The van der Waals surface area contributed by atoms with Crippen molar-refractivity contribution in [3.8, 4) is 0 Å². The number of alkyl halides is 5. The monoisotopic (exact) mass is 222 g/mol. The average molecular weight is 223 g/mol. The normalized spacial score (nSPS) is 17.1. The van der Waals surface area contributed by atoms with Gasteiger partial charge < -0.3 is 0 Å². The van der Waals surface area contributed by atoms with Gasteiger partial charge in [0.25, 0.3) is 0 Å². The lowest BCUT2D eigenvalue weighted by Gasteiger charge is -2.23. The molecule has 0 bridgehead atoms. The van der Waals surface area contributed by atoms with Gasteiger partial charge in [0.15, 0.2) is 0 Å². The highest BCUT2D eigenvalue weighted by Crippen LogP contribution is 2.35. The van der Waals surface area contributed by atoms with Crippen molar-refractivity contribution in [1.29, 1.82) is 0 Å². The van der Waals surface area contributed by atoms with E-state index in [0.717, 1.165) is 13.8 Å². The largest absolute Gasteiger partial charge is 0.404 e. The van der Waals surface area contributed by atoms with Crippen LogP contribution in [0.25, 0.3) is 0 Å². The predicted octanol–water partition coefficient (Wildman–Crippen LogP) is 3.06. The summed E-state index contributed by atoms with van der Waals surface area (Å²) < 4.78 is 47.5. The van der Waals surface area contributed by atoms with Gasteiger partial charge >= 0.3 is 6.18 Å². The first kappa shape index (κ1) is 10.2. The second-order valence-corrected chi connectivity index (χ2v) is 3.38. The van der Waals surface area contributed by atoms with Crippen LogP contribution in [0.1, 0.15) is 13.8 Å². The second kappa shape index (κ2) is 2.68. The number of hydrogen-bond acceptors (Lipinski definition) is 0. The lowest BCUT2D eigenvalue weighted by atomic mass is 10.1. The quantitative estimate of drug-likeness (QED) is 0.473. The van der Waals surface area contributed by atoms with Crippen LogP contribution in [-0.4, -0.2) is 16.7 Å². The molecule has 0 aromatic heterocycles. The zero-order valence-corrected chi connectivity index (χ0v) is 7.05. The molecule has 0 saturated carbocycles. The van der Waals surface area contributed by atoms with Gasteiger partial charge in [-0.25, -0.2) is 4.39 Å². The van der Waals surface area contributed by atoms with Crippen LogP contribution in [0.2, 0.25) is 0 Å². The lowest BCUT2D eigenvalue weighted by molar-refractivity contribution is -0.147. The Kier molecular flexibility index (Phi) is 2.73. The molecule has 62 valence electrons. The Morgan fingerprint density at radius 1 is 1.10 bits per heavy atom. The van der Waals surface area contributed by atoms with E-state index in [1.165, 1.54) is 0 Å². The van der Waals surface area contributed by atoms with Gasteiger partial charge in [0.05, 0.1) is 0 Å². The van der Waals surface area contributed by atoms with Crippen molar-refractivity contribution in [1.82, 2.24) is 0 Å². The van der Waals surface area contributed by atoms with E-state index in [1.807, 2.05) is 0 Å². The minimum absolute atomic E-state index is 0.875. The van der Waals surface area contributed by atoms with Crippen LogP contribution in [-0.2, 0) is 0 Å². The van der Waals surface area contributed by atoms with Crippen LogP contribution in [0.5, 0.6) is 0 Å². The van der Waals surface area contributed by atoms with E-state index in [1.54, 1.807) is 0 Å². The second-order valence-electron chi connectivity index (χ2n) is 2.47. The predicted molar refractivity (Wildman–Crippen MR) is 34.0 cm³/mol. The molecule has 5 heteroatoms. The third-order valence-electron chi connectivity index (χ3n) is 0.890. The summed E-state index contributed by atoms with van der Waals surface area (Å²) in [6.07, 6.45) is -4.52. The summed E-state index contributed by atoms with van der Waals surface area (Å²) in [6.45, 7) is 1.75. The summed E-state index contributed by atoms with van der Waals surface area (Å²) >= 11 is 2.22. The van der Waals surface area contributed by atoms with Gasteiger partial charge in [-0.1, -0.05) is 15.9 Å².